The van der Waals surface area contributed by atoms with E-state index in [0.717, 1.165) is 11.3 Å². The lowest BCUT2D eigenvalue weighted by Gasteiger charge is -2.13. The Hall–Kier alpha value is -5.12. The van der Waals surface area contributed by atoms with E-state index in [-0.39, 0.29) is 30.7 Å². The molecule has 3 heterocycles. The van der Waals surface area contributed by atoms with Crippen LogP contribution in [0.3, 0.4) is 0 Å². The molecule has 0 unspecified atom stereocenters. The van der Waals surface area contributed by atoms with Crippen molar-refractivity contribution in [1.82, 2.24) is 19.9 Å². The first-order chi connectivity index (χ1) is 18.5. The standard InChI is InChI=1S/C28H25N7O3/c1-18-12-13-29-23(15-18)34-25-16-24(30-17-31-25)32-19-8-10-20(11-9-19)33-26(36)7-4-14-35-27(37)21-5-2-3-6-22(21)28(35)38/h2-3,5-6,8-13,15-17H,4,7,14H2,1H3,(H,33,36)(H2,29,30,31,32,34). The highest BCUT2D eigenvalue weighted by Gasteiger charge is 2.34. The number of pyridine rings is 1. The van der Waals surface area contributed by atoms with Gasteiger partial charge in [-0.2, -0.15) is 0 Å². The van der Waals surface area contributed by atoms with E-state index < -0.39 is 0 Å². The second-order valence-electron chi connectivity index (χ2n) is 8.79. The summed E-state index contributed by atoms with van der Waals surface area (Å²) in [7, 11) is 0. The number of hydrogen-bond acceptors (Lipinski definition) is 8. The number of nitrogens with one attached hydrogen (secondary N) is 3. The van der Waals surface area contributed by atoms with Gasteiger partial charge in [0.05, 0.1) is 11.1 Å². The third kappa shape index (κ3) is 5.65. The van der Waals surface area contributed by atoms with Gasteiger partial charge in [-0.1, -0.05) is 12.1 Å². The summed E-state index contributed by atoms with van der Waals surface area (Å²) in [5.74, 6) is 1.07. The molecule has 5 rings (SSSR count). The van der Waals surface area contributed by atoms with Gasteiger partial charge in [-0.25, -0.2) is 15.0 Å². The van der Waals surface area contributed by atoms with Crippen molar-refractivity contribution in [2.24, 2.45) is 0 Å². The molecule has 4 aromatic rings. The van der Waals surface area contributed by atoms with Crippen LogP contribution in [0.25, 0.3) is 0 Å². The SMILES string of the molecule is Cc1ccnc(Nc2cc(Nc3ccc(NC(=O)CCCN4C(=O)c5ccccc5C4=O)cc3)ncn2)c1. The van der Waals surface area contributed by atoms with Crippen LogP contribution in [-0.2, 0) is 4.79 Å². The fourth-order valence-electron chi connectivity index (χ4n) is 4.08. The number of aryl methyl sites for hydroxylation is 1. The Kier molecular flexibility index (Phi) is 7.03. The van der Waals surface area contributed by atoms with Gasteiger partial charge < -0.3 is 16.0 Å². The normalized spacial score (nSPS) is 12.3. The number of hydrogen-bond donors (Lipinski definition) is 3. The highest BCUT2D eigenvalue weighted by atomic mass is 16.2. The van der Waals surface area contributed by atoms with Gasteiger partial charge in [-0.3, -0.25) is 19.3 Å². The molecule has 0 aliphatic carbocycles. The van der Waals surface area contributed by atoms with E-state index in [2.05, 4.69) is 30.9 Å². The van der Waals surface area contributed by atoms with Crippen LogP contribution in [0.1, 0.15) is 39.1 Å². The molecule has 0 spiro atoms. The molecular weight excluding hydrogens is 482 g/mol. The van der Waals surface area contributed by atoms with E-state index in [0.29, 0.717) is 40.7 Å². The van der Waals surface area contributed by atoms with Crippen LogP contribution in [0.2, 0.25) is 0 Å². The molecule has 2 aromatic carbocycles. The van der Waals surface area contributed by atoms with Crippen molar-refractivity contribution in [1.29, 1.82) is 0 Å². The van der Waals surface area contributed by atoms with Crippen LogP contribution in [0.4, 0.5) is 28.8 Å². The van der Waals surface area contributed by atoms with E-state index >= 15 is 0 Å². The number of imide groups is 1. The van der Waals surface area contributed by atoms with Crippen LogP contribution in [0.5, 0.6) is 0 Å². The Bertz CT molecular complexity index is 1470. The Morgan fingerprint density at radius 1 is 0.789 bits per heavy atom. The van der Waals surface area contributed by atoms with Gasteiger partial charge in [0.2, 0.25) is 5.91 Å². The molecule has 38 heavy (non-hydrogen) atoms. The molecule has 1 aliphatic rings. The highest BCUT2D eigenvalue weighted by molar-refractivity contribution is 6.21. The minimum Gasteiger partial charge on any atom is -0.340 e. The van der Waals surface area contributed by atoms with E-state index in [9.17, 15) is 14.4 Å². The number of nitrogens with zero attached hydrogens (tertiary/aromatic N) is 4. The van der Waals surface area contributed by atoms with Crippen LogP contribution in [0.15, 0.2) is 79.3 Å². The summed E-state index contributed by atoms with van der Waals surface area (Å²) in [6.45, 7) is 2.18. The lowest BCUT2D eigenvalue weighted by atomic mass is 10.1. The van der Waals surface area contributed by atoms with Gasteiger partial charge in [0.15, 0.2) is 0 Å². The molecule has 3 N–H and O–H groups in total. The first-order valence-corrected chi connectivity index (χ1v) is 12.1. The molecule has 0 saturated heterocycles. The molecule has 0 radical (unpaired) electrons. The van der Waals surface area contributed by atoms with Gasteiger partial charge in [0.25, 0.3) is 11.8 Å². The van der Waals surface area contributed by atoms with Gasteiger partial charge >= 0.3 is 0 Å². The number of rotatable bonds is 9. The van der Waals surface area contributed by atoms with Gasteiger partial charge in [0.1, 0.15) is 23.8 Å². The molecule has 0 bridgehead atoms. The largest absolute Gasteiger partial charge is 0.340 e. The predicted octanol–water partition coefficient (Wildman–Crippen LogP) is 4.68. The van der Waals surface area contributed by atoms with Gasteiger partial charge in [-0.15, -0.1) is 0 Å². The molecule has 190 valence electrons. The average molecular weight is 508 g/mol. The van der Waals surface area contributed by atoms with E-state index in [4.69, 9.17) is 0 Å². The number of aromatic nitrogens is 3. The minimum absolute atomic E-state index is 0.180. The number of carbonyl (C=O) groups excluding carboxylic acids is 3. The van der Waals surface area contributed by atoms with Crippen molar-refractivity contribution in [2.75, 3.05) is 22.5 Å². The number of benzene rings is 2. The molecule has 1 aliphatic heterocycles. The summed E-state index contributed by atoms with van der Waals surface area (Å²) in [5.41, 5.74) is 3.33. The van der Waals surface area contributed by atoms with Crippen LogP contribution < -0.4 is 16.0 Å². The summed E-state index contributed by atoms with van der Waals surface area (Å²) in [4.78, 5) is 51.2. The van der Waals surface area contributed by atoms with Crippen LogP contribution >= 0.6 is 0 Å². The smallest absolute Gasteiger partial charge is 0.261 e. The third-order valence-electron chi connectivity index (χ3n) is 5.94. The maximum Gasteiger partial charge on any atom is 0.261 e. The lowest BCUT2D eigenvalue weighted by Crippen LogP contribution is -2.31. The number of anilines is 5. The van der Waals surface area contributed by atoms with Crippen molar-refractivity contribution in [3.8, 4) is 0 Å². The summed E-state index contributed by atoms with van der Waals surface area (Å²) in [5, 5.41) is 9.21. The summed E-state index contributed by atoms with van der Waals surface area (Å²) in [6.07, 6.45) is 3.74. The van der Waals surface area contributed by atoms with Crippen LogP contribution in [-0.4, -0.2) is 44.1 Å². The first-order valence-electron chi connectivity index (χ1n) is 12.1. The zero-order chi connectivity index (χ0) is 26.5. The molecule has 3 amide bonds. The third-order valence-corrected chi connectivity index (χ3v) is 5.94. The topological polar surface area (TPSA) is 129 Å². The van der Waals surface area contributed by atoms with E-state index in [1.54, 1.807) is 48.7 Å². The molecule has 0 fully saturated rings. The van der Waals surface area contributed by atoms with Crippen molar-refractivity contribution in [3.63, 3.8) is 0 Å². The minimum atomic E-state index is -0.312. The van der Waals surface area contributed by atoms with Gasteiger partial charge in [0, 0.05) is 36.6 Å². The van der Waals surface area contributed by atoms with Crippen molar-refractivity contribution in [2.45, 2.75) is 19.8 Å². The zero-order valence-corrected chi connectivity index (χ0v) is 20.6. The average Bonchev–Trinajstić information content (AvgIpc) is 3.15. The molecule has 10 heteroatoms. The summed E-state index contributed by atoms with van der Waals surface area (Å²) < 4.78 is 0. The summed E-state index contributed by atoms with van der Waals surface area (Å²) >= 11 is 0. The molecular formula is C28H25N7O3. The van der Waals surface area contributed by atoms with Crippen LogP contribution in [0, 0.1) is 6.92 Å². The second kappa shape index (κ2) is 10.9. The monoisotopic (exact) mass is 507 g/mol. The molecule has 2 aromatic heterocycles. The fraction of sp³-hybridized carbons (Fsp3) is 0.143. The fourth-order valence-corrected chi connectivity index (χ4v) is 4.08. The predicted molar refractivity (Wildman–Crippen MR) is 144 cm³/mol. The van der Waals surface area contributed by atoms with E-state index in [1.165, 1.54) is 11.2 Å². The number of carbonyl (C=O) groups is 3. The van der Waals surface area contributed by atoms with E-state index in [1.807, 2.05) is 31.2 Å². The summed E-state index contributed by atoms with van der Waals surface area (Å²) in [6, 6.07) is 19.6. The second-order valence-corrected chi connectivity index (χ2v) is 8.79. The maximum absolute atomic E-state index is 12.4. The zero-order valence-electron chi connectivity index (χ0n) is 20.6. The quantitative estimate of drug-likeness (QED) is 0.279. The Labute approximate surface area is 219 Å². The maximum atomic E-state index is 12.4. The van der Waals surface area contributed by atoms with Crippen molar-refractivity contribution >= 4 is 46.5 Å². The molecule has 0 saturated carbocycles. The lowest BCUT2D eigenvalue weighted by molar-refractivity contribution is -0.116. The van der Waals surface area contributed by atoms with Crippen molar-refractivity contribution < 1.29 is 14.4 Å². The first kappa shape index (κ1) is 24.6. The van der Waals surface area contributed by atoms with Gasteiger partial charge in [-0.05, 0) is 67.4 Å². The highest BCUT2D eigenvalue weighted by Crippen LogP contribution is 2.23. The molecule has 0 atom stereocenters. The van der Waals surface area contributed by atoms with Crippen molar-refractivity contribution in [3.05, 3.63) is 95.9 Å². The number of fused-ring (bicyclic) bond motifs is 1. The Morgan fingerprint density at radius 3 is 2.11 bits per heavy atom. The molecule has 10 nitrogen and oxygen atoms in total. The Morgan fingerprint density at radius 2 is 1.42 bits per heavy atom. The number of amides is 3. The Balaban J connectivity index is 1.10.